The topological polar surface area (TPSA) is 97.7 Å². The van der Waals surface area contributed by atoms with Gasteiger partial charge in [0.25, 0.3) is 0 Å². The highest BCUT2D eigenvalue weighted by molar-refractivity contribution is 5.98. The van der Waals surface area contributed by atoms with Crippen LogP contribution >= 0.6 is 0 Å². The summed E-state index contributed by atoms with van der Waals surface area (Å²) in [6.45, 7) is 3.93. The predicted octanol–water partition coefficient (Wildman–Crippen LogP) is 0.479. The van der Waals surface area contributed by atoms with Gasteiger partial charge in [0.2, 0.25) is 0 Å². The first-order valence-corrected chi connectivity index (χ1v) is 12.6. The van der Waals surface area contributed by atoms with Gasteiger partial charge in [0, 0.05) is 70.0 Å². The number of methoxy groups -OCH3 is 4. The lowest BCUT2D eigenvalue weighted by molar-refractivity contribution is -0.314. The fraction of sp³-hybridized carbons (Fsp3) is 0.960. The monoisotopic (exact) mass is 465 g/mol. The number of carbonyl (C=O) groups is 1. The largest absolute Gasteiger partial charge is 0.386 e. The Morgan fingerprint density at radius 1 is 1.12 bits per heavy atom. The summed E-state index contributed by atoms with van der Waals surface area (Å²) in [6, 6.07) is -0.485. The number of piperidine rings is 1. The zero-order chi connectivity index (χ0) is 23.6. The van der Waals surface area contributed by atoms with Gasteiger partial charge in [0.15, 0.2) is 11.4 Å². The third-order valence-electron chi connectivity index (χ3n) is 11.2. The Balaban J connectivity index is 1.67. The molecular formula is C25H39NO7. The lowest BCUT2D eigenvalue weighted by atomic mass is 9.42. The van der Waals surface area contributed by atoms with Crippen molar-refractivity contribution in [2.45, 2.75) is 68.2 Å². The van der Waals surface area contributed by atoms with Crippen LogP contribution < -0.4 is 0 Å². The number of Topliss-reactive ketones (excluding diaryl/α,β-unsaturated/α-hetero) is 1. The minimum Gasteiger partial charge on any atom is -0.386 e. The van der Waals surface area contributed by atoms with Crippen molar-refractivity contribution >= 4 is 5.78 Å². The summed E-state index contributed by atoms with van der Waals surface area (Å²) < 4.78 is 23.9. The zero-order valence-electron chi connectivity index (χ0n) is 20.5. The van der Waals surface area contributed by atoms with Gasteiger partial charge in [-0.05, 0) is 31.7 Å². The first-order chi connectivity index (χ1) is 15.8. The van der Waals surface area contributed by atoms with E-state index in [1.165, 1.54) is 0 Å². The molecule has 5 saturated carbocycles. The van der Waals surface area contributed by atoms with Crippen molar-refractivity contribution in [2.75, 3.05) is 48.1 Å². The lowest BCUT2D eigenvalue weighted by Gasteiger charge is -2.69. The second-order valence-corrected chi connectivity index (χ2v) is 11.7. The molecule has 0 amide bonds. The number of nitrogens with zero attached hydrogens (tertiary/aromatic N) is 1. The molecule has 1 aliphatic heterocycles. The van der Waals surface area contributed by atoms with E-state index in [2.05, 4.69) is 11.8 Å². The fourth-order valence-electron chi connectivity index (χ4n) is 10.7. The summed E-state index contributed by atoms with van der Waals surface area (Å²) in [5.74, 6) is -0.826. The Kier molecular flexibility index (Phi) is 4.84. The van der Waals surface area contributed by atoms with Crippen LogP contribution in [0.3, 0.4) is 0 Å². The minimum atomic E-state index is -1.89. The van der Waals surface area contributed by atoms with Crippen LogP contribution in [0.5, 0.6) is 0 Å². The van der Waals surface area contributed by atoms with Crippen LogP contribution in [-0.4, -0.2) is 105 Å². The molecule has 186 valence electrons. The zero-order valence-corrected chi connectivity index (χ0v) is 20.5. The molecule has 6 fully saturated rings. The number of hydrogen-bond donors (Lipinski definition) is 2. The first kappa shape index (κ1) is 22.8. The molecule has 1 saturated heterocycles. The van der Waals surface area contributed by atoms with E-state index < -0.39 is 34.0 Å². The summed E-state index contributed by atoms with van der Waals surface area (Å²) in [6.07, 6.45) is 1.99. The molecule has 6 aliphatic rings. The Morgan fingerprint density at radius 3 is 2.48 bits per heavy atom. The Labute approximate surface area is 195 Å². The molecule has 2 N–H and O–H groups in total. The number of fused-ring (bicyclic) bond motifs is 2. The van der Waals surface area contributed by atoms with Gasteiger partial charge in [-0.15, -0.1) is 0 Å². The number of rotatable bonds is 6. The quantitative estimate of drug-likeness (QED) is 0.585. The van der Waals surface area contributed by atoms with E-state index in [0.717, 1.165) is 19.3 Å². The van der Waals surface area contributed by atoms with Crippen LogP contribution in [0.2, 0.25) is 0 Å². The van der Waals surface area contributed by atoms with Crippen LogP contribution in [0, 0.1) is 34.5 Å². The number of likely N-dealkylation sites (N-methyl/N-ethyl adjacent to an activating group) is 1. The van der Waals surface area contributed by atoms with Gasteiger partial charge in [-0.1, -0.05) is 6.92 Å². The van der Waals surface area contributed by atoms with Crippen molar-refractivity contribution in [1.29, 1.82) is 0 Å². The highest BCUT2D eigenvalue weighted by Gasteiger charge is 2.91. The third-order valence-corrected chi connectivity index (χ3v) is 11.2. The summed E-state index contributed by atoms with van der Waals surface area (Å²) in [5.41, 5.74) is -4.48. The average molecular weight is 466 g/mol. The lowest BCUT2D eigenvalue weighted by Crippen LogP contribution is -2.81. The molecule has 0 radical (unpaired) electrons. The van der Waals surface area contributed by atoms with Gasteiger partial charge in [-0.3, -0.25) is 9.69 Å². The molecule has 6 rings (SSSR count). The highest BCUT2D eigenvalue weighted by atomic mass is 16.5. The van der Waals surface area contributed by atoms with E-state index in [4.69, 9.17) is 18.9 Å². The maximum atomic E-state index is 14.6. The molecule has 1 heterocycles. The van der Waals surface area contributed by atoms with E-state index in [9.17, 15) is 15.0 Å². The van der Waals surface area contributed by atoms with Crippen LogP contribution in [0.15, 0.2) is 0 Å². The van der Waals surface area contributed by atoms with Crippen LogP contribution in [-0.2, 0) is 23.7 Å². The molecule has 0 aromatic heterocycles. The number of aliphatic hydroxyl groups is 2. The van der Waals surface area contributed by atoms with E-state index in [-0.39, 0.29) is 48.3 Å². The van der Waals surface area contributed by atoms with Gasteiger partial charge in [-0.25, -0.2) is 0 Å². The number of carbonyl (C=O) groups excluding carboxylic acids is 1. The summed E-state index contributed by atoms with van der Waals surface area (Å²) in [4.78, 5) is 16.9. The molecule has 33 heavy (non-hydrogen) atoms. The van der Waals surface area contributed by atoms with Gasteiger partial charge < -0.3 is 29.2 Å². The van der Waals surface area contributed by atoms with Crippen molar-refractivity contribution in [3.8, 4) is 0 Å². The van der Waals surface area contributed by atoms with Crippen LogP contribution in [0.4, 0.5) is 0 Å². The van der Waals surface area contributed by atoms with Crippen molar-refractivity contribution in [3.63, 3.8) is 0 Å². The van der Waals surface area contributed by atoms with E-state index in [1.54, 1.807) is 28.4 Å². The first-order valence-electron chi connectivity index (χ1n) is 12.6. The van der Waals surface area contributed by atoms with E-state index in [1.807, 2.05) is 0 Å². The van der Waals surface area contributed by atoms with Gasteiger partial charge >= 0.3 is 0 Å². The molecule has 0 unspecified atom stereocenters. The van der Waals surface area contributed by atoms with Crippen molar-refractivity contribution in [2.24, 2.45) is 34.5 Å². The smallest absolute Gasteiger partial charge is 0.173 e. The summed E-state index contributed by atoms with van der Waals surface area (Å²) >= 11 is 0. The molecule has 7 bridgehead atoms. The number of likely N-dealkylation sites (tertiary alicyclic amines) is 1. The third kappa shape index (κ3) is 2.15. The number of ketones is 1. The standard InChI is InChI=1S/C25H39NO7/c1-6-26-11-22(12-30-2)8-7-16(32-4)24-14-9-13-15(31-3)10-23(28,17(14)18(13)33-5)25(29,21(24)26)20(27)19(22)24/h13-19,21,28-29H,6-12H2,1-5H3/t13-,14-,15+,16-,17-,18-,19+,21-,22-,23-,24-,25+/m1/s1. The number of hydrogen-bond acceptors (Lipinski definition) is 8. The molecule has 8 heteroatoms. The Hall–Kier alpha value is -0.610. The average Bonchev–Trinajstić information content (AvgIpc) is 3.21. The van der Waals surface area contributed by atoms with E-state index in [0.29, 0.717) is 19.7 Å². The molecule has 12 atom stereocenters. The molecular weight excluding hydrogens is 426 g/mol. The number of ether oxygens (including phenoxy) is 4. The summed E-state index contributed by atoms with van der Waals surface area (Å²) in [5, 5.41) is 25.2. The molecule has 1 spiro atoms. The molecule has 0 aromatic rings. The van der Waals surface area contributed by atoms with Gasteiger partial charge in [0.05, 0.1) is 31.0 Å². The van der Waals surface area contributed by atoms with Crippen molar-refractivity contribution < 1.29 is 34.0 Å². The van der Waals surface area contributed by atoms with Crippen molar-refractivity contribution in [3.05, 3.63) is 0 Å². The summed E-state index contributed by atoms with van der Waals surface area (Å²) in [7, 11) is 6.78. The van der Waals surface area contributed by atoms with Gasteiger partial charge in [0.1, 0.15) is 5.60 Å². The second-order valence-electron chi connectivity index (χ2n) is 11.7. The molecule has 8 nitrogen and oxygen atoms in total. The van der Waals surface area contributed by atoms with Crippen molar-refractivity contribution in [1.82, 2.24) is 4.90 Å². The minimum absolute atomic E-state index is 0.00449. The Morgan fingerprint density at radius 2 is 1.88 bits per heavy atom. The normalized spacial score (nSPS) is 58.7. The fourth-order valence-corrected chi connectivity index (χ4v) is 10.7. The Bertz CT molecular complexity index is 855. The molecule has 0 aromatic carbocycles. The van der Waals surface area contributed by atoms with Crippen LogP contribution in [0.25, 0.3) is 0 Å². The predicted molar refractivity (Wildman–Crippen MR) is 118 cm³/mol. The van der Waals surface area contributed by atoms with Crippen LogP contribution in [0.1, 0.15) is 32.6 Å². The SMILES string of the molecule is CCN1C[C@@]2(COC)CC[C@@H](OC)[C@]34[C@@H]5C[C@H]6[C@@H](OC)[C@@H]5[C@](O)(C[C@@H]6OC)[C@](O)(C(=O)[C@@H]23)[C@H]14. The van der Waals surface area contributed by atoms with E-state index >= 15 is 0 Å². The maximum absolute atomic E-state index is 14.6. The van der Waals surface area contributed by atoms with Gasteiger partial charge in [-0.2, -0.15) is 0 Å². The second kappa shape index (κ2) is 6.99. The molecule has 5 aliphatic carbocycles. The highest BCUT2D eigenvalue weighted by Crippen LogP contribution is 2.79. The maximum Gasteiger partial charge on any atom is 0.173 e.